The predicted octanol–water partition coefficient (Wildman–Crippen LogP) is 3.53. The van der Waals surface area contributed by atoms with E-state index in [0.29, 0.717) is 17.5 Å². The molecule has 8 nitrogen and oxygen atoms in total. The predicted molar refractivity (Wildman–Crippen MR) is 143 cm³/mol. The van der Waals surface area contributed by atoms with E-state index in [9.17, 15) is 9.90 Å². The van der Waals surface area contributed by atoms with Gasteiger partial charge in [-0.05, 0) is 74.8 Å². The van der Waals surface area contributed by atoms with Crippen molar-refractivity contribution in [1.29, 1.82) is 0 Å². The van der Waals surface area contributed by atoms with Crippen molar-refractivity contribution in [3.8, 4) is 0 Å². The van der Waals surface area contributed by atoms with Crippen LogP contribution in [-0.4, -0.2) is 69.4 Å². The number of fused-ring (bicyclic) bond motifs is 3. The van der Waals surface area contributed by atoms with Gasteiger partial charge in [0.25, 0.3) is 5.56 Å². The molecule has 3 aliphatic carbocycles. The van der Waals surface area contributed by atoms with Gasteiger partial charge in [-0.3, -0.25) is 14.3 Å². The fraction of sp³-hybridized carbons (Fsp3) is 0.607. The smallest absolute Gasteiger partial charge is 0.260 e. The summed E-state index contributed by atoms with van der Waals surface area (Å²) < 4.78 is 1.92. The highest BCUT2D eigenvalue weighted by atomic mass is 16.3. The molecule has 1 aliphatic heterocycles. The quantitative estimate of drug-likeness (QED) is 0.514. The van der Waals surface area contributed by atoms with E-state index in [4.69, 9.17) is 4.98 Å². The molecule has 3 heterocycles. The van der Waals surface area contributed by atoms with Crippen LogP contribution in [0.4, 0.5) is 11.6 Å². The third-order valence-electron chi connectivity index (χ3n) is 8.76. The van der Waals surface area contributed by atoms with Crippen LogP contribution in [-0.2, 0) is 0 Å². The molecule has 0 atom stereocenters. The van der Waals surface area contributed by atoms with Gasteiger partial charge in [0, 0.05) is 62.1 Å². The summed E-state index contributed by atoms with van der Waals surface area (Å²) in [5, 5.41) is 16.1. The average Bonchev–Trinajstić information content (AvgIpc) is 3.83. The molecule has 2 N–H and O–H groups in total. The molecule has 7 rings (SSSR count). The van der Waals surface area contributed by atoms with Crippen molar-refractivity contribution in [2.45, 2.75) is 69.6 Å². The van der Waals surface area contributed by atoms with E-state index in [2.05, 4.69) is 38.3 Å². The monoisotopic (exact) mass is 488 g/mol. The summed E-state index contributed by atoms with van der Waals surface area (Å²) in [5.41, 5.74) is 1.88. The summed E-state index contributed by atoms with van der Waals surface area (Å²) in [6.45, 7) is 5.09. The molecule has 3 saturated carbocycles. The van der Waals surface area contributed by atoms with Gasteiger partial charge in [-0.1, -0.05) is 6.07 Å². The van der Waals surface area contributed by atoms with Crippen molar-refractivity contribution in [2.75, 3.05) is 42.9 Å². The number of anilines is 2. The van der Waals surface area contributed by atoms with Gasteiger partial charge >= 0.3 is 0 Å². The van der Waals surface area contributed by atoms with Gasteiger partial charge in [0.05, 0.1) is 11.5 Å². The van der Waals surface area contributed by atoms with Crippen molar-refractivity contribution < 1.29 is 5.11 Å². The van der Waals surface area contributed by atoms with Crippen LogP contribution in [0.2, 0.25) is 0 Å². The van der Waals surface area contributed by atoms with Crippen LogP contribution in [0.25, 0.3) is 21.8 Å². The van der Waals surface area contributed by atoms with E-state index < -0.39 is 0 Å². The van der Waals surface area contributed by atoms with E-state index in [1.165, 1.54) is 25.7 Å². The normalized spacial score (nSPS) is 25.5. The minimum Gasteiger partial charge on any atom is -0.393 e. The number of aliphatic hydroxyl groups excluding tert-OH is 1. The Bertz CT molecular complexity index is 1330. The van der Waals surface area contributed by atoms with Crippen LogP contribution >= 0.6 is 0 Å². The van der Waals surface area contributed by atoms with E-state index >= 15 is 0 Å². The lowest BCUT2D eigenvalue weighted by Gasteiger charge is -2.36. The van der Waals surface area contributed by atoms with Crippen LogP contribution in [0.3, 0.4) is 0 Å². The lowest BCUT2D eigenvalue weighted by atomic mass is 9.92. The first-order chi connectivity index (χ1) is 17.6. The number of aromatic nitrogens is 3. The zero-order valence-corrected chi connectivity index (χ0v) is 20.9. The fourth-order valence-electron chi connectivity index (χ4n) is 6.20. The highest BCUT2D eigenvalue weighted by molar-refractivity contribution is 6.05. The van der Waals surface area contributed by atoms with Crippen LogP contribution in [0.15, 0.2) is 29.2 Å². The Morgan fingerprint density at radius 1 is 0.889 bits per heavy atom. The topological polar surface area (TPSA) is 86.5 Å². The zero-order valence-electron chi connectivity index (χ0n) is 20.9. The van der Waals surface area contributed by atoms with Crippen molar-refractivity contribution >= 4 is 33.4 Å². The summed E-state index contributed by atoms with van der Waals surface area (Å²) in [5.74, 6) is 1.32. The second-order valence-corrected chi connectivity index (χ2v) is 11.4. The molecular weight excluding hydrogens is 452 g/mol. The number of rotatable bonds is 6. The Kier molecular flexibility index (Phi) is 5.62. The lowest BCUT2D eigenvalue weighted by Crippen LogP contribution is -2.47. The number of benzene rings is 1. The molecule has 0 unspecified atom stereocenters. The average molecular weight is 489 g/mol. The van der Waals surface area contributed by atoms with Crippen molar-refractivity contribution in [1.82, 2.24) is 19.4 Å². The van der Waals surface area contributed by atoms with Gasteiger partial charge < -0.3 is 15.3 Å². The van der Waals surface area contributed by atoms with Crippen LogP contribution in [0, 0.1) is 5.92 Å². The Morgan fingerprint density at radius 3 is 2.36 bits per heavy atom. The van der Waals surface area contributed by atoms with Crippen molar-refractivity contribution in [2.24, 2.45) is 5.92 Å². The van der Waals surface area contributed by atoms with Gasteiger partial charge in [-0.15, -0.1) is 0 Å². The summed E-state index contributed by atoms with van der Waals surface area (Å²) in [4.78, 5) is 28.6. The van der Waals surface area contributed by atoms with Gasteiger partial charge in [-0.2, -0.15) is 4.98 Å². The molecule has 0 spiro atoms. The molecule has 1 aromatic carbocycles. The maximum absolute atomic E-state index is 14.1. The number of hydrogen-bond donors (Lipinski definition) is 2. The molecule has 0 bridgehead atoms. The Morgan fingerprint density at radius 2 is 1.64 bits per heavy atom. The summed E-state index contributed by atoms with van der Waals surface area (Å²) >= 11 is 0. The van der Waals surface area contributed by atoms with Crippen LogP contribution in [0.1, 0.15) is 57.4 Å². The summed E-state index contributed by atoms with van der Waals surface area (Å²) in [6, 6.07) is 7.20. The first-order valence-corrected chi connectivity index (χ1v) is 13.9. The second kappa shape index (κ2) is 8.99. The standard InChI is InChI=1S/C28H36N6O2/c35-22-8-5-20(6-9-22)34-26-25(17-30-28(31-26)29-16-18-1-2-18)23-10-7-21(15-24(23)27(34)36)33-13-11-32(12-14-33)19-3-4-19/h7,10,15,17-20,22,35H,1-6,8-9,11-14,16H2,(H,29,30,31). The highest BCUT2D eigenvalue weighted by Gasteiger charge is 2.31. The molecule has 1 saturated heterocycles. The van der Waals surface area contributed by atoms with Gasteiger partial charge in [0.15, 0.2) is 0 Å². The maximum Gasteiger partial charge on any atom is 0.260 e. The molecule has 190 valence electrons. The molecule has 0 radical (unpaired) electrons. The molecule has 36 heavy (non-hydrogen) atoms. The van der Waals surface area contributed by atoms with E-state index in [-0.39, 0.29) is 17.7 Å². The first-order valence-electron chi connectivity index (χ1n) is 13.9. The van der Waals surface area contributed by atoms with E-state index in [1.54, 1.807) is 0 Å². The van der Waals surface area contributed by atoms with E-state index in [0.717, 1.165) is 86.3 Å². The molecule has 4 fully saturated rings. The molecule has 2 aromatic heterocycles. The SMILES string of the molecule is O=c1c2cc(N3CCN(C4CC4)CC3)ccc2c2cnc(NCC3CC3)nc2n1C1CCC(O)CC1. The molecule has 3 aromatic rings. The highest BCUT2D eigenvalue weighted by Crippen LogP contribution is 2.34. The number of hydrogen-bond acceptors (Lipinski definition) is 7. The molecule has 4 aliphatic rings. The maximum atomic E-state index is 14.1. The third kappa shape index (κ3) is 4.24. The van der Waals surface area contributed by atoms with Gasteiger partial charge in [0.2, 0.25) is 5.95 Å². The zero-order chi connectivity index (χ0) is 24.2. The number of piperazine rings is 1. The van der Waals surface area contributed by atoms with Gasteiger partial charge in [0.1, 0.15) is 5.65 Å². The molecular formula is C28H36N6O2. The number of nitrogens with zero attached hydrogens (tertiary/aromatic N) is 5. The van der Waals surface area contributed by atoms with Gasteiger partial charge in [-0.25, -0.2) is 4.98 Å². The van der Waals surface area contributed by atoms with E-state index in [1.807, 2.05) is 10.8 Å². The molecule has 0 amide bonds. The van der Waals surface area contributed by atoms with Crippen molar-refractivity contribution in [3.05, 3.63) is 34.7 Å². The third-order valence-corrected chi connectivity index (χ3v) is 8.76. The summed E-state index contributed by atoms with van der Waals surface area (Å²) in [7, 11) is 0. The minimum atomic E-state index is -0.269. The van der Waals surface area contributed by atoms with Crippen LogP contribution in [0.5, 0.6) is 0 Å². The Balaban J connectivity index is 1.29. The number of aliphatic hydroxyl groups is 1. The fourth-order valence-corrected chi connectivity index (χ4v) is 6.20. The Labute approximate surface area is 211 Å². The number of pyridine rings is 1. The Hall–Kier alpha value is -2.71. The number of nitrogens with one attached hydrogen (secondary N) is 1. The lowest BCUT2D eigenvalue weighted by molar-refractivity contribution is 0.111. The summed E-state index contributed by atoms with van der Waals surface area (Å²) in [6.07, 6.45) is 9.87. The van der Waals surface area contributed by atoms with Crippen LogP contribution < -0.4 is 15.8 Å². The van der Waals surface area contributed by atoms with Crippen molar-refractivity contribution in [3.63, 3.8) is 0 Å². The molecule has 8 heteroatoms. The first kappa shape index (κ1) is 22.5. The second-order valence-electron chi connectivity index (χ2n) is 11.4. The minimum absolute atomic E-state index is 0.0317. The largest absolute Gasteiger partial charge is 0.393 e.